The number of fused-ring (bicyclic) bond motifs is 1. The highest BCUT2D eigenvalue weighted by Gasteiger charge is 2.04. The Kier molecular flexibility index (Phi) is 4.19. The van der Waals surface area contributed by atoms with Crippen LogP contribution in [0.4, 0.5) is 5.82 Å². The van der Waals surface area contributed by atoms with Crippen LogP contribution in [0.25, 0.3) is 10.9 Å². The molecule has 0 aliphatic heterocycles. The van der Waals surface area contributed by atoms with Crippen molar-refractivity contribution in [2.24, 2.45) is 5.10 Å². The van der Waals surface area contributed by atoms with Gasteiger partial charge in [-0.15, -0.1) is 0 Å². The molecule has 0 aliphatic carbocycles. The fourth-order valence-corrected chi connectivity index (χ4v) is 2.36. The third-order valence-electron chi connectivity index (χ3n) is 3.51. The van der Waals surface area contributed by atoms with Crippen LogP contribution in [0.5, 0.6) is 5.75 Å². The third kappa shape index (κ3) is 3.45. The van der Waals surface area contributed by atoms with Crippen LogP contribution >= 0.6 is 0 Å². The van der Waals surface area contributed by atoms with Crippen molar-refractivity contribution in [3.05, 3.63) is 59.4 Å². The van der Waals surface area contributed by atoms with Crippen LogP contribution in [0.1, 0.15) is 17.0 Å². The van der Waals surface area contributed by atoms with Crippen LogP contribution in [0.3, 0.4) is 0 Å². The molecule has 116 valence electrons. The Hall–Kier alpha value is -2.95. The fraction of sp³-hybridized carbons (Fsp3) is 0.167. The SMILES string of the molecule is COc1ccc2nc(N/N=C\c3cccc(C)n3)cc(C)c2c1. The van der Waals surface area contributed by atoms with Crippen molar-refractivity contribution in [3.8, 4) is 5.75 Å². The first kappa shape index (κ1) is 15.0. The van der Waals surface area contributed by atoms with E-state index >= 15 is 0 Å². The monoisotopic (exact) mass is 306 g/mol. The maximum Gasteiger partial charge on any atom is 0.147 e. The Morgan fingerprint density at radius 3 is 2.74 bits per heavy atom. The van der Waals surface area contributed by atoms with E-state index < -0.39 is 0 Å². The number of benzene rings is 1. The molecule has 0 spiro atoms. The lowest BCUT2D eigenvalue weighted by Crippen LogP contribution is -1.97. The van der Waals surface area contributed by atoms with Gasteiger partial charge in [0.05, 0.1) is 24.5 Å². The number of hydrogen-bond donors (Lipinski definition) is 1. The van der Waals surface area contributed by atoms with E-state index in [1.54, 1.807) is 13.3 Å². The molecule has 2 aromatic heterocycles. The van der Waals surface area contributed by atoms with Crippen molar-refractivity contribution in [2.45, 2.75) is 13.8 Å². The van der Waals surface area contributed by atoms with Gasteiger partial charge in [0.2, 0.25) is 0 Å². The zero-order valence-electron chi connectivity index (χ0n) is 13.4. The van der Waals surface area contributed by atoms with Crippen LogP contribution in [0, 0.1) is 13.8 Å². The van der Waals surface area contributed by atoms with Crippen LogP contribution in [0.2, 0.25) is 0 Å². The standard InChI is InChI=1S/C18H18N4O/c1-12-9-18(21-17-8-7-15(23-3)10-16(12)17)22-19-11-14-6-4-5-13(2)20-14/h4-11H,1-3H3,(H,21,22)/b19-11-. The molecule has 5 heteroatoms. The molecule has 1 N–H and O–H groups in total. The minimum absolute atomic E-state index is 0.698. The predicted octanol–water partition coefficient (Wildman–Crippen LogP) is 3.70. The summed E-state index contributed by atoms with van der Waals surface area (Å²) in [5, 5.41) is 5.28. The number of pyridine rings is 2. The molecular formula is C18H18N4O. The van der Waals surface area contributed by atoms with E-state index in [2.05, 4.69) is 20.5 Å². The molecule has 0 saturated carbocycles. The number of aromatic nitrogens is 2. The van der Waals surface area contributed by atoms with Gasteiger partial charge in [0.15, 0.2) is 0 Å². The summed E-state index contributed by atoms with van der Waals surface area (Å²) in [6.07, 6.45) is 1.68. The first-order chi connectivity index (χ1) is 11.2. The molecule has 0 saturated heterocycles. The minimum atomic E-state index is 0.698. The van der Waals surface area contributed by atoms with Gasteiger partial charge in [0.25, 0.3) is 0 Å². The van der Waals surface area contributed by atoms with Gasteiger partial charge in [0, 0.05) is 11.1 Å². The van der Waals surface area contributed by atoms with Gasteiger partial charge in [-0.25, -0.2) is 4.98 Å². The van der Waals surface area contributed by atoms with Gasteiger partial charge in [0.1, 0.15) is 11.6 Å². The molecule has 0 amide bonds. The third-order valence-corrected chi connectivity index (χ3v) is 3.51. The molecule has 0 radical (unpaired) electrons. The lowest BCUT2D eigenvalue weighted by Gasteiger charge is -2.07. The summed E-state index contributed by atoms with van der Waals surface area (Å²) in [5.41, 5.74) is 6.74. The second-order valence-electron chi connectivity index (χ2n) is 5.28. The van der Waals surface area contributed by atoms with Crippen molar-refractivity contribution >= 4 is 22.9 Å². The Bertz CT molecular complexity index is 874. The maximum atomic E-state index is 5.26. The average molecular weight is 306 g/mol. The van der Waals surface area contributed by atoms with Crippen LogP contribution in [0.15, 0.2) is 47.6 Å². The van der Waals surface area contributed by atoms with E-state index in [9.17, 15) is 0 Å². The molecule has 0 unspecified atom stereocenters. The summed E-state index contributed by atoms with van der Waals surface area (Å²) in [5.74, 6) is 1.52. The van der Waals surface area contributed by atoms with Crippen molar-refractivity contribution in [1.82, 2.24) is 9.97 Å². The van der Waals surface area contributed by atoms with E-state index in [-0.39, 0.29) is 0 Å². The van der Waals surface area contributed by atoms with Crippen LogP contribution in [-0.4, -0.2) is 23.3 Å². The zero-order valence-corrected chi connectivity index (χ0v) is 13.4. The Labute approximate surface area is 135 Å². The number of hydrazone groups is 1. The first-order valence-electron chi connectivity index (χ1n) is 7.34. The molecule has 0 aliphatic rings. The van der Waals surface area contributed by atoms with Gasteiger partial charge in [-0.2, -0.15) is 5.10 Å². The number of methoxy groups -OCH3 is 1. The summed E-state index contributed by atoms with van der Waals surface area (Å²) in [6.45, 7) is 3.99. The maximum absolute atomic E-state index is 5.26. The van der Waals surface area contributed by atoms with Crippen molar-refractivity contribution < 1.29 is 4.74 Å². The molecule has 0 atom stereocenters. The Balaban J connectivity index is 1.83. The molecule has 2 heterocycles. The summed E-state index contributed by atoms with van der Waals surface area (Å²) in [7, 11) is 1.66. The van der Waals surface area contributed by atoms with E-state index in [4.69, 9.17) is 4.74 Å². The second kappa shape index (κ2) is 6.44. The molecule has 0 bridgehead atoms. The fourth-order valence-electron chi connectivity index (χ4n) is 2.36. The lowest BCUT2D eigenvalue weighted by atomic mass is 10.1. The average Bonchev–Trinajstić information content (AvgIpc) is 2.55. The van der Waals surface area contributed by atoms with Gasteiger partial charge < -0.3 is 4.74 Å². The second-order valence-corrected chi connectivity index (χ2v) is 5.28. The number of anilines is 1. The van der Waals surface area contributed by atoms with Crippen molar-refractivity contribution in [3.63, 3.8) is 0 Å². The molecule has 0 fully saturated rings. The van der Waals surface area contributed by atoms with Gasteiger partial charge in [-0.3, -0.25) is 10.4 Å². The van der Waals surface area contributed by atoms with Gasteiger partial charge >= 0.3 is 0 Å². The molecular weight excluding hydrogens is 288 g/mol. The molecule has 5 nitrogen and oxygen atoms in total. The minimum Gasteiger partial charge on any atom is -0.497 e. The zero-order chi connectivity index (χ0) is 16.2. The Morgan fingerprint density at radius 1 is 1.09 bits per heavy atom. The lowest BCUT2D eigenvalue weighted by molar-refractivity contribution is 0.415. The quantitative estimate of drug-likeness (QED) is 0.590. The van der Waals surface area contributed by atoms with E-state index in [0.29, 0.717) is 5.82 Å². The van der Waals surface area contributed by atoms with E-state index in [0.717, 1.165) is 33.6 Å². The normalized spacial score (nSPS) is 11.1. The number of rotatable bonds is 4. The summed E-state index contributed by atoms with van der Waals surface area (Å²) < 4.78 is 5.26. The van der Waals surface area contributed by atoms with Gasteiger partial charge in [-0.05, 0) is 55.8 Å². The highest BCUT2D eigenvalue weighted by Crippen LogP contribution is 2.24. The molecule has 3 rings (SSSR count). The van der Waals surface area contributed by atoms with Crippen molar-refractivity contribution in [2.75, 3.05) is 12.5 Å². The van der Waals surface area contributed by atoms with E-state index in [1.165, 1.54) is 0 Å². The predicted molar refractivity (Wildman–Crippen MR) is 93.2 cm³/mol. The molecule has 1 aromatic carbocycles. The topological polar surface area (TPSA) is 59.4 Å². The highest BCUT2D eigenvalue weighted by atomic mass is 16.5. The summed E-state index contributed by atoms with van der Waals surface area (Å²) in [4.78, 5) is 8.93. The summed E-state index contributed by atoms with van der Waals surface area (Å²) in [6, 6.07) is 13.6. The Morgan fingerprint density at radius 2 is 1.96 bits per heavy atom. The van der Waals surface area contributed by atoms with Crippen molar-refractivity contribution in [1.29, 1.82) is 0 Å². The number of hydrogen-bond acceptors (Lipinski definition) is 5. The van der Waals surface area contributed by atoms with Crippen LogP contribution in [-0.2, 0) is 0 Å². The largest absolute Gasteiger partial charge is 0.497 e. The molecule has 3 aromatic rings. The highest BCUT2D eigenvalue weighted by molar-refractivity contribution is 5.85. The summed E-state index contributed by atoms with van der Waals surface area (Å²) >= 11 is 0. The number of nitrogens with zero attached hydrogens (tertiary/aromatic N) is 3. The number of ether oxygens (including phenoxy) is 1. The van der Waals surface area contributed by atoms with Crippen LogP contribution < -0.4 is 10.2 Å². The number of aryl methyl sites for hydroxylation is 2. The molecule has 23 heavy (non-hydrogen) atoms. The first-order valence-corrected chi connectivity index (χ1v) is 7.34. The number of nitrogens with one attached hydrogen (secondary N) is 1. The smallest absolute Gasteiger partial charge is 0.147 e. The van der Waals surface area contributed by atoms with E-state index in [1.807, 2.05) is 56.3 Å². The van der Waals surface area contributed by atoms with Gasteiger partial charge in [-0.1, -0.05) is 6.07 Å².